The highest BCUT2D eigenvalue weighted by Gasteiger charge is 2.23. The smallest absolute Gasteiger partial charge is 0.268 e. The monoisotopic (exact) mass is 771 g/mol. The first-order valence-corrected chi connectivity index (χ1v) is 23.7. The van der Waals surface area contributed by atoms with Gasteiger partial charge < -0.3 is 28.8 Å². The molecule has 0 radical (unpaired) electrons. The van der Waals surface area contributed by atoms with Gasteiger partial charge in [0.1, 0.15) is 13.2 Å². The highest BCUT2D eigenvalue weighted by atomic mass is 31.2. The SMILES string of the molecule is CCCCCC/C=C\CCCCCCCC(=O)NC(COP(=O)([O-])OCC[N+](C)(C)C)C(O)/C=C/CCCCCCCCCCCCCCCCCC. The van der Waals surface area contributed by atoms with E-state index in [0.717, 1.165) is 51.4 Å². The van der Waals surface area contributed by atoms with Gasteiger partial charge in [-0.1, -0.05) is 173 Å². The first kappa shape index (κ1) is 52.0. The number of phosphoric ester groups is 1. The molecular formula is C44H87N2O6P. The summed E-state index contributed by atoms with van der Waals surface area (Å²) in [6.07, 6.45) is 42.2. The van der Waals surface area contributed by atoms with Crippen LogP contribution in [0.3, 0.4) is 0 Å². The number of phosphoric acid groups is 1. The summed E-state index contributed by atoms with van der Waals surface area (Å²) in [5.41, 5.74) is 0. The van der Waals surface area contributed by atoms with Crippen molar-refractivity contribution in [1.29, 1.82) is 0 Å². The normalized spacial score (nSPS) is 14.6. The predicted octanol–water partition coefficient (Wildman–Crippen LogP) is 11.5. The molecule has 0 saturated heterocycles. The van der Waals surface area contributed by atoms with Crippen LogP contribution in [0.4, 0.5) is 0 Å². The van der Waals surface area contributed by atoms with Gasteiger partial charge in [-0.2, -0.15) is 0 Å². The Balaban J connectivity index is 4.42. The fourth-order valence-electron chi connectivity index (χ4n) is 6.32. The summed E-state index contributed by atoms with van der Waals surface area (Å²) >= 11 is 0. The molecule has 0 rings (SSSR count). The lowest BCUT2D eigenvalue weighted by Crippen LogP contribution is -2.45. The molecule has 9 heteroatoms. The standard InChI is InChI=1S/C44H87N2O6P/c1-6-8-10-12-14-16-18-20-21-22-23-24-26-27-29-31-33-35-37-43(47)42(41-52-53(49,50)51-40-39-46(3,4)5)45-44(48)38-36-34-32-30-28-25-19-17-15-13-11-9-7-2/h17,19,35,37,42-43,47H,6-16,18,20-34,36,38-41H2,1-5H3,(H-,45,48,49,50)/b19-17-,37-35+. The molecule has 8 nitrogen and oxygen atoms in total. The third kappa shape index (κ3) is 39.0. The molecule has 0 heterocycles. The van der Waals surface area contributed by atoms with Crippen LogP contribution in [-0.4, -0.2) is 68.5 Å². The second-order valence-corrected chi connectivity index (χ2v) is 17.8. The van der Waals surface area contributed by atoms with Crippen molar-refractivity contribution in [3.8, 4) is 0 Å². The third-order valence-corrected chi connectivity index (χ3v) is 10.9. The molecule has 0 spiro atoms. The molecule has 0 bridgehead atoms. The maximum Gasteiger partial charge on any atom is 0.268 e. The van der Waals surface area contributed by atoms with Crippen LogP contribution in [0.15, 0.2) is 24.3 Å². The highest BCUT2D eigenvalue weighted by molar-refractivity contribution is 7.45. The molecule has 0 fully saturated rings. The van der Waals surface area contributed by atoms with Crippen LogP contribution in [0.1, 0.15) is 200 Å². The Morgan fingerprint density at radius 1 is 0.642 bits per heavy atom. The van der Waals surface area contributed by atoms with E-state index in [1.54, 1.807) is 6.08 Å². The predicted molar refractivity (Wildman–Crippen MR) is 224 cm³/mol. The molecular weight excluding hydrogens is 683 g/mol. The van der Waals surface area contributed by atoms with Crippen molar-refractivity contribution in [2.24, 2.45) is 0 Å². The Morgan fingerprint density at radius 3 is 1.49 bits per heavy atom. The van der Waals surface area contributed by atoms with Crippen molar-refractivity contribution in [1.82, 2.24) is 5.32 Å². The van der Waals surface area contributed by atoms with Gasteiger partial charge in [-0.15, -0.1) is 0 Å². The number of likely N-dealkylation sites (N-methyl/N-ethyl adjacent to an activating group) is 1. The number of unbranched alkanes of at least 4 members (excludes halogenated alkanes) is 25. The number of hydrogen-bond donors (Lipinski definition) is 2. The van der Waals surface area contributed by atoms with Gasteiger partial charge in [-0.3, -0.25) is 9.36 Å². The minimum atomic E-state index is -4.58. The van der Waals surface area contributed by atoms with E-state index in [-0.39, 0.29) is 19.1 Å². The van der Waals surface area contributed by atoms with E-state index in [9.17, 15) is 19.4 Å². The van der Waals surface area contributed by atoms with Crippen LogP contribution in [0.5, 0.6) is 0 Å². The number of carbonyl (C=O) groups is 1. The zero-order chi connectivity index (χ0) is 39.3. The van der Waals surface area contributed by atoms with Crippen LogP contribution in [0.25, 0.3) is 0 Å². The summed E-state index contributed by atoms with van der Waals surface area (Å²) in [5, 5.41) is 13.8. The average Bonchev–Trinajstić information content (AvgIpc) is 3.10. The second kappa shape index (κ2) is 36.6. The molecule has 3 unspecified atom stereocenters. The number of hydrogen-bond acceptors (Lipinski definition) is 6. The molecule has 0 aromatic rings. The van der Waals surface area contributed by atoms with Crippen molar-refractivity contribution in [3.63, 3.8) is 0 Å². The zero-order valence-electron chi connectivity index (χ0n) is 35.5. The van der Waals surface area contributed by atoms with Crippen LogP contribution in [0.2, 0.25) is 0 Å². The van der Waals surface area contributed by atoms with E-state index in [2.05, 4.69) is 31.3 Å². The molecule has 0 aromatic carbocycles. The van der Waals surface area contributed by atoms with Crippen LogP contribution < -0.4 is 10.2 Å². The molecule has 53 heavy (non-hydrogen) atoms. The Kier molecular flexibility index (Phi) is 35.9. The van der Waals surface area contributed by atoms with Gasteiger partial charge in [-0.25, -0.2) is 0 Å². The Hall–Kier alpha value is -1.02. The van der Waals surface area contributed by atoms with Gasteiger partial charge >= 0.3 is 0 Å². The Bertz CT molecular complexity index is 922. The third-order valence-electron chi connectivity index (χ3n) is 9.91. The molecule has 1 amide bonds. The largest absolute Gasteiger partial charge is 0.756 e. The van der Waals surface area contributed by atoms with E-state index in [1.807, 2.05) is 27.2 Å². The minimum absolute atomic E-state index is 0.00158. The summed E-state index contributed by atoms with van der Waals surface area (Å²) in [6, 6.07) is -0.887. The Morgan fingerprint density at radius 2 is 1.04 bits per heavy atom. The number of nitrogens with zero attached hydrogens (tertiary/aromatic N) is 1. The maximum absolute atomic E-state index is 12.8. The van der Waals surface area contributed by atoms with Gasteiger partial charge in [0.15, 0.2) is 0 Å². The number of carbonyl (C=O) groups excluding carboxylic acids is 1. The number of rotatable bonds is 40. The van der Waals surface area contributed by atoms with Gasteiger partial charge in [0.25, 0.3) is 7.82 Å². The molecule has 2 N–H and O–H groups in total. The average molecular weight is 771 g/mol. The first-order valence-electron chi connectivity index (χ1n) is 22.2. The van der Waals surface area contributed by atoms with Gasteiger partial charge in [0.2, 0.25) is 5.91 Å². The number of aliphatic hydroxyl groups is 1. The van der Waals surface area contributed by atoms with Crippen molar-refractivity contribution >= 4 is 13.7 Å². The molecule has 0 aromatic heterocycles. The number of allylic oxidation sites excluding steroid dienone is 3. The van der Waals surface area contributed by atoms with E-state index in [1.165, 1.54) is 128 Å². The van der Waals surface area contributed by atoms with Gasteiger partial charge in [-0.05, 0) is 44.9 Å². The van der Waals surface area contributed by atoms with E-state index < -0.39 is 20.0 Å². The minimum Gasteiger partial charge on any atom is -0.756 e. The first-order chi connectivity index (χ1) is 25.5. The summed E-state index contributed by atoms with van der Waals surface area (Å²) in [7, 11) is 1.26. The summed E-state index contributed by atoms with van der Waals surface area (Å²) < 4.78 is 23.2. The molecule has 0 aliphatic carbocycles. The van der Waals surface area contributed by atoms with Crippen LogP contribution in [0, 0.1) is 0 Å². The molecule has 0 aliphatic rings. The molecule has 314 valence electrons. The molecule has 0 aliphatic heterocycles. The topological polar surface area (TPSA) is 108 Å². The van der Waals surface area contributed by atoms with Crippen molar-refractivity contribution < 1.29 is 32.9 Å². The summed E-state index contributed by atoms with van der Waals surface area (Å²) in [5.74, 6) is -0.207. The highest BCUT2D eigenvalue weighted by Crippen LogP contribution is 2.38. The molecule has 0 saturated carbocycles. The van der Waals surface area contributed by atoms with Crippen molar-refractivity contribution in [2.75, 3.05) is 40.9 Å². The van der Waals surface area contributed by atoms with E-state index in [4.69, 9.17) is 9.05 Å². The zero-order valence-corrected chi connectivity index (χ0v) is 36.4. The lowest BCUT2D eigenvalue weighted by atomic mass is 10.0. The number of amides is 1. The number of nitrogens with one attached hydrogen (secondary N) is 1. The summed E-state index contributed by atoms with van der Waals surface area (Å²) in [4.78, 5) is 25.2. The quantitative estimate of drug-likeness (QED) is 0.0278. The maximum atomic E-state index is 12.8. The fourth-order valence-corrected chi connectivity index (χ4v) is 7.05. The lowest BCUT2D eigenvalue weighted by Gasteiger charge is -2.29. The van der Waals surface area contributed by atoms with E-state index >= 15 is 0 Å². The van der Waals surface area contributed by atoms with E-state index in [0.29, 0.717) is 17.4 Å². The van der Waals surface area contributed by atoms with Crippen molar-refractivity contribution in [3.05, 3.63) is 24.3 Å². The van der Waals surface area contributed by atoms with Crippen LogP contribution in [-0.2, 0) is 18.4 Å². The van der Waals surface area contributed by atoms with Gasteiger partial charge in [0.05, 0.1) is 39.9 Å². The Labute approximate surface area is 328 Å². The van der Waals surface area contributed by atoms with Gasteiger partial charge in [0, 0.05) is 6.42 Å². The summed E-state index contributed by atoms with van der Waals surface area (Å²) in [6.45, 7) is 4.62. The number of aliphatic hydroxyl groups excluding tert-OH is 1. The second-order valence-electron chi connectivity index (χ2n) is 16.4. The fraction of sp³-hybridized carbons (Fsp3) is 0.886. The van der Waals surface area contributed by atoms with Crippen LogP contribution >= 0.6 is 7.82 Å². The van der Waals surface area contributed by atoms with Crippen molar-refractivity contribution in [2.45, 2.75) is 212 Å². The molecule has 3 atom stereocenters. The lowest BCUT2D eigenvalue weighted by molar-refractivity contribution is -0.870. The number of quaternary nitrogens is 1.